The minimum atomic E-state index is -0.853. The summed E-state index contributed by atoms with van der Waals surface area (Å²) in [6, 6.07) is 9.16. The molecule has 0 fully saturated rings. The van der Waals surface area contributed by atoms with Gasteiger partial charge in [-0.15, -0.1) is 0 Å². The van der Waals surface area contributed by atoms with Crippen molar-refractivity contribution in [2.45, 2.75) is 0 Å². The molecule has 0 aliphatic rings. The molecule has 0 unspecified atom stereocenters. The van der Waals surface area contributed by atoms with Gasteiger partial charge < -0.3 is 4.74 Å². The van der Waals surface area contributed by atoms with Crippen LogP contribution in [-0.2, 0) is 0 Å². The average Bonchev–Trinajstić information content (AvgIpc) is 2.56. The van der Waals surface area contributed by atoms with Gasteiger partial charge in [0, 0.05) is 16.2 Å². The lowest BCUT2D eigenvalue weighted by molar-refractivity contribution is -0.387. The first-order valence-corrected chi connectivity index (χ1v) is 7.39. The van der Waals surface area contributed by atoms with Crippen molar-refractivity contribution in [2.75, 3.05) is 0 Å². The van der Waals surface area contributed by atoms with E-state index in [9.17, 15) is 19.7 Å². The lowest BCUT2D eigenvalue weighted by atomic mass is 10.2. The molecule has 2 aromatic heterocycles. The molecule has 0 spiro atoms. The van der Waals surface area contributed by atoms with E-state index in [2.05, 4.69) is 20.9 Å². The first-order valence-electron chi connectivity index (χ1n) is 6.59. The van der Waals surface area contributed by atoms with Crippen LogP contribution in [0.15, 0.2) is 51.9 Å². The number of ether oxygens (including phenoxy) is 1. The Morgan fingerprint density at radius 1 is 1.29 bits per heavy atom. The Morgan fingerprint density at radius 2 is 2.08 bits per heavy atom. The van der Waals surface area contributed by atoms with E-state index in [0.717, 1.165) is 4.40 Å². The van der Waals surface area contributed by atoms with E-state index in [1.54, 1.807) is 18.2 Å². The highest BCUT2D eigenvalue weighted by Gasteiger charge is 2.25. The van der Waals surface area contributed by atoms with Crippen molar-refractivity contribution in [2.24, 2.45) is 0 Å². The van der Waals surface area contributed by atoms with Crippen LogP contribution >= 0.6 is 15.9 Å². The van der Waals surface area contributed by atoms with Gasteiger partial charge in [-0.3, -0.25) is 24.1 Å². The number of aldehydes is 1. The third-order valence-corrected chi connectivity index (χ3v) is 3.89. The second-order valence-corrected chi connectivity index (χ2v) is 5.51. The number of hydrogen-bond donors (Lipinski definition) is 0. The van der Waals surface area contributed by atoms with Crippen LogP contribution in [0.25, 0.3) is 5.65 Å². The number of carbonyl (C=O) groups excluding carboxylic acids is 1. The van der Waals surface area contributed by atoms with E-state index in [0.29, 0.717) is 16.3 Å². The molecular formula is C15H8BrN3O5. The first-order chi connectivity index (χ1) is 11.5. The Hall–Kier alpha value is -3.07. The summed E-state index contributed by atoms with van der Waals surface area (Å²) >= 11 is 3.19. The molecule has 0 aliphatic heterocycles. The predicted octanol–water partition coefficient (Wildman–Crippen LogP) is 2.97. The quantitative estimate of drug-likeness (QED) is 0.386. The van der Waals surface area contributed by atoms with Crippen LogP contribution < -0.4 is 10.3 Å². The van der Waals surface area contributed by atoms with E-state index >= 15 is 0 Å². The van der Waals surface area contributed by atoms with Gasteiger partial charge in [-0.05, 0) is 30.3 Å². The Bertz CT molecular complexity index is 1030. The monoisotopic (exact) mass is 389 g/mol. The number of nitro groups is 1. The summed E-state index contributed by atoms with van der Waals surface area (Å²) in [5.41, 5.74) is -1.13. The van der Waals surface area contributed by atoms with Crippen molar-refractivity contribution in [3.63, 3.8) is 0 Å². The molecule has 9 heteroatoms. The zero-order valence-corrected chi connectivity index (χ0v) is 13.5. The topological polar surface area (TPSA) is 104 Å². The van der Waals surface area contributed by atoms with Gasteiger partial charge in [0.2, 0.25) is 0 Å². The number of halogens is 1. The molecule has 0 amide bonds. The zero-order chi connectivity index (χ0) is 17.3. The number of pyridine rings is 1. The van der Waals surface area contributed by atoms with Gasteiger partial charge in [0.25, 0.3) is 0 Å². The van der Waals surface area contributed by atoms with E-state index < -0.39 is 22.0 Å². The molecule has 8 nitrogen and oxygen atoms in total. The SMILES string of the molecule is O=Cc1cc(Oc2nc3ccccn3c(=O)c2[N+](=O)[O-])ccc1Br. The molecular weight excluding hydrogens is 382 g/mol. The van der Waals surface area contributed by atoms with Gasteiger partial charge in [-0.2, -0.15) is 4.98 Å². The maximum absolute atomic E-state index is 12.3. The van der Waals surface area contributed by atoms with E-state index in [1.807, 2.05) is 0 Å². The highest BCUT2D eigenvalue weighted by Crippen LogP contribution is 2.29. The zero-order valence-electron chi connectivity index (χ0n) is 11.9. The molecule has 120 valence electrons. The normalized spacial score (nSPS) is 10.5. The molecule has 1 aromatic carbocycles. The number of nitrogens with zero attached hydrogens (tertiary/aromatic N) is 3. The smallest absolute Gasteiger partial charge is 0.396 e. The number of aromatic nitrogens is 2. The summed E-state index contributed by atoms with van der Waals surface area (Å²) in [7, 11) is 0. The molecule has 2 heterocycles. The molecule has 0 aliphatic carbocycles. The van der Waals surface area contributed by atoms with Crippen LogP contribution in [0.3, 0.4) is 0 Å². The fourth-order valence-electron chi connectivity index (χ4n) is 2.07. The summed E-state index contributed by atoms with van der Waals surface area (Å²) in [6.07, 6.45) is 1.99. The number of carbonyl (C=O) groups is 1. The molecule has 0 saturated carbocycles. The second kappa shape index (κ2) is 6.20. The van der Waals surface area contributed by atoms with Gasteiger partial charge in [-0.1, -0.05) is 22.0 Å². The molecule has 0 N–H and O–H groups in total. The summed E-state index contributed by atoms with van der Waals surface area (Å²) in [4.78, 5) is 37.7. The minimum Gasteiger partial charge on any atom is -0.433 e. The molecule has 0 atom stereocenters. The standard InChI is InChI=1S/C15H8BrN3O5/c16-11-5-4-10(7-9(11)8-20)24-14-13(19(22)23)15(21)18-6-2-1-3-12(18)17-14/h1-8H. The van der Waals surface area contributed by atoms with Crippen LogP contribution in [0, 0.1) is 10.1 Å². The maximum atomic E-state index is 12.3. The maximum Gasteiger partial charge on any atom is 0.396 e. The van der Waals surface area contributed by atoms with Crippen molar-refractivity contribution in [1.82, 2.24) is 9.38 Å². The third kappa shape index (κ3) is 2.76. The number of rotatable bonds is 4. The van der Waals surface area contributed by atoms with E-state index in [1.165, 1.54) is 24.4 Å². The Balaban J connectivity index is 2.18. The fourth-order valence-corrected chi connectivity index (χ4v) is 2.41. The van der Waals surface area contributed by atoms with Gasteiger partial charge in [0.05, 0.1) is 4.92 Å². The Labute approximate surface area is 142 Å². The molecule has 3 aromatic rings. The van der Waals surface area contributed by atoms with Crippen molar-refractivity contribution >= 4 is 33.6 Å². The molecule has 24 heavy (non-hydrogen) atoms. The summed E-state index contributed by atoms with van der Waals surface area (Å²) in [6.45, 7) is 0. The minimum absolute atomic E-state index is 0.149. The predicted molar refractivity (Wildman–Crippen MR) is 87.7 cm³/mol. The van der Waals surface area contributed by atoms with Gasteiger partial charge in [0.15, 0.2) is 6.29 Å². The number of benzene rings is 1. The van der Waals surface area contributed by atoms with Crippen molar-refractivity contribution in [3.8, 4) is 11.6 Å². The average molecular weight is 390 g/mol. The molecule has 0 bridgehead atoms. The molecule has 0 saturated heterocycles. The number of fused-ring (bicyclic) bond motifs is 1. The van der Waals surface area contributed by atoms with Crippen molar-refractivity contribution < 1.29 is 14.5 Å². The Kier molecular flexibility index (Phi) is 4.09. The third-order valence-electron chi connectivity index (χ3n) is 3.17. The van der Waals surface area contributed by atoms with Crippen LogP contribution in [0.2, 0.25) is 0 Å². The highest BCUT2D eigenvalue weighted by atomic mass is 79.9. The molecule has 0 radical (unpaired) electrons. The van der Waals surface area contributed by atoms with Crippen molar-refractivity contribution in [1.29, 1.82) is 0 Å². The van der Waals surface area contributed by atoms with Crippen LogP contribution in [0.5, 0.6) is 11.6 Å². The fraction of sp³-hybridized carbons (Fsp3) is 0. The first kappa shape index (κ1) is 15.8. The molecule has 3 rings (SSSR count). The Morgan fingerprint density at radius 3 is 2.79 bits per heavy atom. The van der Waals surface area contributed by atoms with E-state index in [-0.39, 0.29) is 11.4 Å². The summed E-state index contributed by atoms with van der Waals surface area (Å²) in [5.74, 6) is -0.286. The summed E-state index contributed by atoms with van der Waals surface area (Å²) in [5, 5.41) is 11.3. The van der Waals surface area contributed by atoms with Crippen LogP contribution in [0.1, 0.15) is 10.4 Å². The summed E-state index contributed by atoms with van der Waals surface area (Å²) < 4.78 is 7.02. The van der Waals surface area contributed by atoms with E-state index in [4.69, 9.17) is 4.74 Å². The lowest BCUT2D eigenvalue weighted by Gasteiger charge is -2.08. The lowest BCUT2D eigenvalue weighted by Crippen LogP contribution is -2.19. The number of hydrogen-bond acceptors (Lipinski definition) is 6. The largest absolute Gasteiger partial charge is 0.433 e. The van der Waals surface area contributed by atoms with Gasteiger partial charge in [0.1, 0.15) is 11.4 Å². The second-order valence-electron chi connectivity index (χ2n) is 4.66. The van der Waals surface area contributed by atoms with Crippen LogP contribution in [0.4, 0.5) is 5.69 Å². The highest BCUT2D eigenvalue weighted by molar-refractivity contribution is 9.10. The van der Waals surface area contributed by atoms with Gasteiger partial charge in [-0.25, -0.2) is 0 Å². The van der Waals surface area contributed by atoms with Gasteiger partial charge >= 0.3 is 17.1 Å². The van der Waals surface area contributed by atoms with Crippen molar-refractivity contribution in [3.05, 3.63) is 73.1 Å². The van der Waals surface area contributed by atoms with Crippen LogP contribution in [-0.4, -0.2) is 20.6 Å².